The Morgan fingerprint density at radius 2 is 1.93 bits per heavy atom. The molecule has 0 N–H and O–H groups in total. The highest BCUT2D eigenvalue weighted by atomic mass is 32.2. The van der Waals surface area contributed by atoms with Crippen LogP contribution in [0.25, 0.3) is 0 Å². The van der Waals surface area contributed by atoms with Gasteiger partial charge >= 0.3 is 6.18 Å². The molecule has 0 bridgehead atoms. The molecule has 0 heterocycles. The number of hydrogen-bond donors (Lipinski definition) is 0. The van der Waals surface area contributed by atoms with Crippen LogP contribution in [0.15, 0.2) is 0 Å². The fourth-order valence-electron chi connectivity index (χ4n) is 0.705. The molecule has 1 amide bonds. The van der Waals surface area contributed by atoms with Crippen LogP contribution in [-0.4, -0.2) is 41.6 Å². The van der Waals surface area contributed by atoms with Gasteiger partial charge in [0.15, 0.2) is 0 Å². The minimum Gasteiger partial charge on any atom is -0.336 e. The molecule has 0 spiro atoms. The maximum Gasteiger partial charge on any atom is 0.406 e. The van der Waals surface area contributed by atoms with Crippen LogP contribution in [0.2, 0.25) is 0 Å². The fraction of sp³-hybridized carbons (Fsp3) is 0.875. The van der Waals surface area contributed by atoms with Gasteiger partial charge in [0.05, 0.1) is 5.75 Å². The lowest BCUT2D eigenvalue weighted by Gasteiger charge is -2.19. The largest absolute Gasteiger partial charge is 0.406 e. The zero-order chi connectivity index (χ0) is 11.4. The summed E-state index contributed by atoms with van der Waals surface area (Å²) >= 11 is 1.34. The number of halogens is 3. The third-order valence-corrected chi connectivity index (χ3v) is 2.46. The standard InChI is InChI=1S/C8H14F3NOS/c1-6(2)14-4-7(13)12(3)5-8(9,10)11/h6H,4-5H2,1-3H3. The summed E-state index contributed by atoms with van der Waals surface area (Å²) in [5.41, 5.74) is 0. The van der Waals surface area contributed by atoms with Gasteiger partial charge in [-0.05, 0) is 5.25 Å². The Kier molecular flexibility index (Phi) is 5.33. The van der Waals surface area contributed by atoms with Crippen LogP contribution in [0.4, 0.5) is 13.2 Å². The molecule has 0 saturated carbocycles. The molecule has 0 aromatic rings. The summed E-state index contributed by atoms with van der Waals surface area (Å²) < 4.78 is 35.6. The van der Waals surface area contributed by atoms with E-state index >= 15 is 0 Å². The SMILES string of the molecule is CC(C)SCC(=O)N(C)CC(F)(F)F. The van der Waals surface area contributed by atoms with Crippen molar-refractivity contribution in [1.29, 1.82) is 0 Å². The van der Waals surface area contributed by atoms with E-state index in [0.29, 0.717) is 4.90 Å². The topological polar surface area (TPSA) is 20.3 Å². The van der Waals surface area contributed by atoms with Crippen molar-refractivity contribution in [2.24, 2.45) is 0 Å². The Labute approximate surface area is 85.8 Å². The highest BCUT2D eigenvalue weighted by Gasteiger charge is 2.30. The Hall–Kier alpha value is -0.390. The van der Waals surface area contributed by atoms with Crippen LogP contribution >= 0.6 is 11.8 Å². The number of rotatable bonds is 4. The molecule has 0 saturated heterocycles. The summed E-state index contributed by atoms with van der Waals surface area (Å²) in [6.45, 7) is 2.61. The van der Waals surface area contributed by atoms with Crippen molar-refractivity contribution in [3.63, 3.8) is 0 Å². The molecular formula is C8H14F3NOS. The summed E-state index contributed by atoms with van der Waals surface area (Å²) in [4.78, 5) is 11.8. The van der Waals surface area contributed by atoms with E-state index in [1.807, 2.05) is 13.8 Å². The molecule has 0 aromatic heterocycles. The smallest absolute Gasteiger partial charge is 0.336 e. The van der Waals surface area contributed by atoms with Gasteiger partial charge in [0.1, 0.15) is 6.54 Å². The van der Waals surface area contributed by atoms with E-state index in [4.69, 9.17) is 0 Å². The minimum atomic E-state index is -4.31. The first-order valence-electron chi connectivity index (χ1n) is 4.14. The highest BCUT2D eigenvalue weighted by Crippen LogP contribution is 2.16. The number of hydrogen-bond acceptors (Lipinski definition) is 2. The molecule has 84 valence electrons. The predicted octanol–water partition coefficient (Wildman–Crippen LogP) is 2.15. The molecule has 0 aliphatic rings. The number of carbonyl (C=O) groups excluding carboxylic acids is 1. The van der Waals surface area contributed by atoms with Gasteiger partial charge in [0.25, 0.3) is 0 Å². The molecule has 0 aromatic carbocycles. The number of carbonyl (C=O) groups is 1. The zero-order valence-corrected chi connectivity index (χ0v) is 9.21. The zero-order valence-electron chi connectivity index (χ0n) is 8.39. The molecule has 2 nitrogen and oxygen atoms in total. The van der Waals surface area contributed by atoms with Crippen LogP contribution in [0.5, 0.6) is 0 Å². The lowest BCUT2D eigenvalue weighted by molar-refractivity contribution is -0.156. The van der Waals surface area contributed by atoms with E-state index in [-0.39, 0.29) is 11.0 Å². The van der Waals surface area contributed by atoms with E-state index in [2.05, 4.69) is 0 Å². The van der Waals surface area contributed by atoms with Crippen LogP contribution < -0.4 is 0 Å². The summed E-state index contributed by atoms with van der Waals surface area (Å²) in [5.74, 6) is -0.384. The third-order valence-electron chi connectivity index (χ3n) is 1.38. The maximum absolute atomic E-state index is 11.9. The molecular weight excluding hydrogens is 215 g/mol. The van der Waals surface area contributed by atoms with Crippen molar-refractivity contribution in [3.05, 3.63) is 0 Å². The van der Waals surface area contributed by atoms with Crippen LogP contribution in [0.1, 0.15) is 13.8 Å². The Balaban J connectivity index is 3.88. The molecule has 0 radical (unpaired) electrons. The summed E-state index contributed by atoms with van der Waals surface area (Å²) in [6.07, 6.45) is -4.31. The van der Waals surface area contributed by atoms with Crippen molar-refractivity contribution < 1.29 is 18.0 Å². The lowest BCUT2D eigenvalue weighted by Crippen LogP contribution is -2.37. The van der Waals surface area contributed by atoms with Gasteiger partial charge in [-0.15, -0.1) is 11.8 Å². The first kappa shape index (κ1) is 13.6. The highest BCUT2D eigenvalue weighted by molar-refractivity contribution is 8.00. The molecule has 14 heavy (non-hydrogen) atoms. The quantitative estimate of drug-likeness (QED) is 0.736. The Morgan fingerprint density at radius 3 is 2.29 bits per heavy atom. The fourth-order valence-corrected chi connectivity index (χ4v) is 1.40. The lowest BCUT2D eigenvalue weighted by atomic mass is 10.5. The van der Waals surface area contributed by atoms with E-state index in [0.717, 1.165) is 7.05 Å². The van der Waals surface area contributed by atoms with Crippen molar-refractivity contribution in [2.75, 3.05) is 19.3 Å². The molecule has 0 rings (SSSR count). The van der Waals surface area contributed by atoms with Gasteiger partial charge in [-0.3, -0.25) is 4.79 Å². The van der Waals surface area contributed by atoms with Gasteiger partial charge in [-0.25, -0.2) is 0 Å². The Morgan fingerprint density at radius 1 is 1.43 bits per heavy atom. The number of nitrogens with zero attached hydrogens (tertiary/aromatic N) is 1. The molecule has 0 aliphatic carbocycles. The summed E-state index contributed by atoms with van der Waals surface area (Å²) in [7, 11) is 1.16. The van der Waals surface area contributed by atoms with E-state index in [1.165, 1.54) is 11.8 Å². The molecule has 0 atom stereocenters. The van der Waals surface area contributed by atoms with Gasteiger partial charge in [0, 0.05) is 7.05 Å². The average Bonchev–Trinajstić information content (AvgIpc) is 1.96. The molecule has 0 unspecified atom stereocenters. The normalized spacial score (nSPS) is 11.9. The van der Waals surface area contributed by atoms with Crippen LogP contribution in [0, 0.1) is 0 Å². The molecule has 0 fully saturated rings. The molecule has 0 aliphatic heterocycles. The molecule has 6 heteroatoms. The van der Waals surface area contributed by atoms with Crippen molar-refractivity contribution in [1.82, 2.24) is 4.90 Å². The first-order chi connectivity index (χ1) is 6.22. The second-order valence-electron chi connectivity index (χ2n) is 3.22. The van der Waals surface area contributed by atoms with Crippen molar-refractivity contribution in [3.8, 4) is 0 Å². The number of alkyl halides is 3. The second kappa shape index (κ2) is 5.48. The maximum atomic E-state index is 11.9. The van der Waals surface area contributed by atoms with E-state index < -0.39 is 18.6 Å². The van der Waals surface area contributed by atoms with Crippen LogP contribution in [-0.2, 0) is 4.79 Å². The monoisotopic (exact) mass is 229 g/mol. The van der Waals surface area contributed by atoms with Gasteiger partial charge in [0.2, 0.25) is 5.91 Å². The summed E-state index contributed by atoms with van der Waals surface area (Å²) in [6, 6.07) is 0. The average molecular weight is 229 g/mol. The third kappa shape index (κ3) is 7.06. The van der Waals surface area contributed by atoms with Crippen molar-refractivity contribution >= 4 is 17.7 Å². The predicted molar refractivity (Wildman–Crippen MR) is 51.3 cm³/mol. The number of amides is 1. The van der Waals surface area contributed by atoms with Gasteiger partial charge < -0.3 is 4.90 Å². The van der Waals surface area contributed by atoms with E-state index in [9.17, 15) is 18.0 Å². The van der Waals surface area contributed by atoms with Crippen LogP contribution in [0.3, 0.4) is 0 Å². The van der Waals surface area contributed by atoms with Gasteiger partial charge in [-0.1, -0.05) is 13.8 Å². The Bertz CT molecular complexity index is 194. The van der Waals surface area contributed by atoms with Gasteiger partial charge in [-0.2, -0.15) is 13.2 Å². The number of thioether (sulfide) groups is 1. The summed E-state index contributed by atoms with van der Waals surface area (Å²) in [5, 5.41) is 0.248. The second-order valence-corrected chi connectivity index (χ2v) is 4.79. The minimum absolute atomic E-state index is 0.101. The van der Waals surface area contributed by atoms with Crippen molar-refractivity contribution in [2.45, 2.75) is 25.3 Å². The first-order valence-corrected chi connectivity index (χ1v) is 5.19. The van der Waals surface area contributed by atoms with E-state index in [1.54, 1.807) is 0 Å².